The second-order valence-corrected chi connectivity index (χ2v) is 5.00. The molecular weight excluding hydrogens is 270 g/mol. The Morgan fingerprint density at radius 2 is 2.14 bits per heavy atom. The fourth-order valence-electron chi connectivity index (χ4n) is 2.75. The lowest BCUT2D eigenvalue weighted by atomic mass is 9.97. The van der Waals surface area contributed by atoms with Gasteiger partial charge in [-0.05, 0) is 37.8 Å². The summed E-state index contributed by atoms with van der Waals surface area (Å²) in [4.78, 5) is 10.8. The molecule has 7 nitrogen and oxygen atoms in total. The zero-order valence-electron chi connectivity index (χ0n) is 11.2. The zero-order chi connectivity index (χ0) is 15.0. The molecule has 1 aromatic carbocycles. The Morgan fingerprint density at radius 3 is 2.86 bits per heavy atom. The highest BCUT2D eigenvalue weighted by Crippen LogP contribution is 2.31. The molecule has 7 heteroatoms. The smallest absolute Gasteiger partial charge is 0.296 e. The highest BCUT2D eigenvalue weighted by atomic mass is 16.6. The van der Waals surface area contributed by atoms with Crippen LogP contribution in [0.1, 0.15) is 29.7 Å². The van der Waals surface area contributed by atoms with Gasteiger partial charge in [0.1, 0.15) is 11.5 Å². The maximum absolute atomic E-state index is 11.3. The average Bonchev–Trinajstić information content (AvgIpc) is 2.84. The minimum absolute atomic E-state index is 0.134. The fourth-order valence-corrected chi connectivity index (χ4v) is 2.75. The largest absolute Gasteiger partial charge is 0.382 e. The molecule has 106 valence electrons. The van der Waals surface area contributed by atoms with Gasteiger partial charge in [-0.1, -0.05) is 0 Å². The van der Waals surface area contributed by atoms with E-state index in [9.17, 15) is 10.1 Å². The first-order chi connectivity index (χ1) is 10.1. The van der Waals surface area contributed by atoms with E-state index in [1.165, 1.54) is 6.07 Å². The molecule has 1 aromatic heterocycles. The van der Waals surface area contributed by atoms with Crippen LogP contribution in [0.2, 0.25) is 0 Å². The van der Waals surface area contributed by atoms with E-state index in [1.54, 1.807) is 16.8 Å². The first-order valence-corrected chi connectivity index (χ1v) is 6.67. The van der Waals surface area contributed by atoms with Gasteiger partial charge in [-0.25, -0.2) is 4.68 Å². The van der Waals surface area contributed by atoms with Crippen molar-refractivity contribution in [3.05, 3.63) is 45.1 Å². The van der Waals surface area contributed by atoms with Gasteiger partial charge >= 0.3 is 0 Å². The van der Waals surface area contributed by atoms with Gasteiger partial charge in [0.2, 0.25) is 0 Å². The number of nitriles is 1. The van der Waals surface area contributed by atoms with Crippen LogP contribution >= 0.6 is 0 Å². The van der Waals surface area contributed by atoms with Gasteiger partial charge in [0.05, 0.1) is 16.6 Å². The molecule has 0 amide bonds. The number of nitro benzene ring substituents is 1. The van der Waals surface area contributed by atoms with Crippen molar-refractivity contribution in [2.45, 2.75) is 25.7 Å². The Balaban J connectivity index is 2.22. The predicted molar refractivity (Wildman–Crippen MR) is 76.0 cm³/mol. The molecule has 0 saturated carbocycles. The lowest BCUT2D eigenvalue weighted by molar-refractivity contribution is -0.384. The maximum atomic E-state index is 11.3. The van der Waals surface area contributed by atoms with Crippen molar-refractivity contribution in [2.75, 3.05) is 5.73 Å². The molecule has 2 aromatic rings. The molecule has 2 N–H and O–H groups in total. The topological polar surface area (TPSA) is 111 Å². The van der Waals surface area contributed by atoms with Crippen molar-refractivity contribution < 1.29 is 4.92 Å². The van der Waals surface area contributed by atoms with E-state index in [2.05, 4.69) is 5.10 Å². The number of nitro groups is 1. The quantitative estimate of drug-likeness (QED) is 0.670. The van der Waals surface area contributed by atoms with Gasteiger partial charge in [0, 0.05) is 17.3 Å². The standard InChI is InChI=1S/C14H13N5O2/c15-8-9-5-6-12(13(7-9)19(20)21)18-11-4-2-1-3-10(11)14(16)17-18/h5-7H,1-4H2,(H2,16,17). The third-order valence-electron chi connectivity index (χ3n) is 3.74. The monoisotopic (exact) mass is 283 g/mol. The van der Waals surface area contributed by atoms with Crippen molar-refractivity contribution in [3.8, 4) is 11.8 Å². The van der Waals surface area contributed by atoms with E-state index in [0.717, 1.165) is 36.9 Å². The second kappa shape index (κ2) is 4.90. The summed E-state index contributed by atoms with van der Waals surface area (Å²) >= 11 is 0. The van der Waals surface area contributed by atoms with E-state index >= 15 is 0 Å². The molecule has 0 atom stereocenters. The maximum Gasteiger partial charge on any atom is 0.296 e. The molecular formula is C14H13N5O2. The SMILES string of the molecule is N#Cc1ccc(-n2nc(N)c3c2CCCC3)c([N+](=O)[O-])c1. The van der Waals surface area contributed by atoms with E-state index < -0.39 is 4.92 Å². The Morgan fingerprint density at radius 1 is 1.38 bits per heavy atom. The van der Waals surface area contributed by atoms with Crippen LogP contribution in [0.25, 0.3) is 5.69 Å². The second-order valence-electron chi connectivity index (χ2n) is 5.00. The Bertz CT molecular complexity index is 772. The van der Waals surface area contributed by atoms with Crippen molar-refractivity contribution in [1.29, 1.82) is 5.26 Å². The van der Waals surface area contributed by atoms with Gasteiger partial charge in [0.15, 0.2) is 0 Å². The molecule has 0 bridgehead atoms. The molecule has 1 aliphatic rings. The van der Waals surface area contributed by atoms with Crippen LogP contribution in [-0.2, 0) is 12.8 Å². The molecule has 0 saturated heterocycles. The van der Waals surface area contributed by atoms with E-state index in [0.29, 0.717) is 11.5 Å². The molecule has 0 fully saturated rings. The lowest BCUT2D eigenvalue weighted by Gasteiger charge is -2.13. The number of aromatic nitrogens is 2. The zero-order valence-corrected chi connectivity index (χ0v) is 11.2. The third-order valence-corrected chi connectivity index (χ3v) is 3.74. The highest BCUT2D eigenvalue weighted by Gasteiger charge is 2.24. The summed E-state index contributed by atoms with van der Waals surface area (Å²) in [6, 6.07) is 6.28. The summed E-state index contributed by atoms with van der Waals surface area (Å²) in [5, 5.41) is 24.4. The number of hydrogen-bond acceptors (Lipinski definition) is 5. The first kappa shape index (κ1) is 13.1. The van der Waals surface area contributed by atoms with Crippen molar-refractivity contribution in [1.82, 2.24) is 9.78 Å². The summed E-state index contributed by atoms with van der Waals surface area (Å²) in [7, 11) is 0. The summed E-state index contributed by atoms with van der Waals surface area (Å²) in [5.74, 6) is 0.434. The van der Waals surface area contributed by atoms with Gasteiger partial charge in [-0.2, -0.15) is 5.26 Å². The molecule has 1 aliphatic carbocycles. The van der Waals surface area contributed by atoms with E-state index in [-0.39, 0.29) is 11.3 Å². The third kappa shape index (κ3) is 2.10. The number of nitrogens with two attached hydrogens (primary N) is 1. The average molecular weight is 283 g/mol. The lowest BCUT2D eigenvalue weighted by Crippen LogP contribution is -2.09. The Labute approximate surface area is 120 Å². The summed E-state index contributed by atoms with van der Waals surface area (Å²) in [5.41, 5.74) is 8.32. The number of nitrogen functional groups attached to an aromatic ring is 1. The molecule has 0 spiro atoms. The summed E-state index contributed by atoms with van der Waals surface area (Å²) < 4.78 is 1.56. The molecule has 0 radical (unpaired) electrons. The Hall–Kier alpha value is -2.88. The number of fused-ring (bicyclic) bond motifs is 1. The number of hydrogen-bond donors (Lipinski definition) is 1. The van der Waals surface area contributed by atoms with Gasteiger partial charge < -0.3 is 5.73 Å². The predicted octanol–water partition coefficient (Wildman–Crippen LogP) is 2.11. The number of rotatable bonds is 2. The molecule has 1 heterocycles. The number of benzene rings is 1. The summed E-state index contributed by atoms with van der Waals surface area (Å²) in [6.45, 7) is 0. The van der Waals surface area contributed by atoms with E-state index in [4.69, 9.17) is 11.0 Å². The van der Waals surface area contributed by atoms with Gasteiger partial charge in [0.25, 0.3) is 5.69 Å². The van der Waals surface area contributed by atoms with Crippen LogP contribution in [0.4, 0.5) is 11.5 Å². The normalized spacial score (nSPS) is 13.5. The van der Waals surface area contributed by atoms with Crippen LogP contribution in [0.15, 0.2) is 18.2 Å². The van der Waals surface area contributed by atoms with Crippen LogP contribution in [-0.4, -0.2) is 14.7 Å². The minimum Gasteiger partial charge on any atom is -0.382 e. The Kier molecular flexibility index (Phi) is 3.06. The van der Waals surface area contributed by atoms with Crippen molar-refractivity contribution in [3.63, 3.8) is 0 Å². The molecule has 21 heavy (non-hydrogen) atoms. The van der Waals surface area contributed by atoms with Crippen LogP contribution in [0.3, 0.4) is 0 Å². The number of anilines is 1. The van der Waals surface area contributed by atoms with Gasteiger partial charge in [-0.15, -0.1) is 5.10 Å². The van der Waals surface area contributed by atoms with Crippen LogP contribution < -0.4 is 5.73 Å². The molecule has 0 unspecified atom stereocenters. The van der Waals surface area contributed by atoms with Gasteiger partial charge in [-0.3, -0.25) is 10.1 Å². The van der Waals surface area contributed by atoms with Crippen LogP contribution in [0.5, 0.6) is 0 Å². The van der Waals surface area contributed by atoms with Crippen molar-refractivity contribution >= 4 is 11.5 Å². The highest BCUT2D eigenvalue weighted by molar-refractivity contribution is 5.59. The number of nitrogens with zero attached hydrogens (tertiary/aromatic N) is 4. The fraction of sp³-hybridized carbons (Fsp3) is 0.286. The van der Waals surface area contributed by atoms with E-state index in [1.807, 2.05) is 6.07 Å². The first-order valence-electron chi connectivity index (χ1n) is 6.67. The molecule has 0 aliphatic heterocycles. The molecule has 3 rings (SSSR count). The van der Waals surface area contributed by atoms with Crippen LogP contribution in [0, 0.1) is 21.4 Å². The minimum atomic E-state index is -0.497. The van der Waals surface area contributed by atoms with Crippen molar-refractivity contribution in [2.24, 2.45) is 0 Å². The summed E-state index contributed by atoms with van der Waals surface area (Å²) in [6.07, 6.45) is 3.72.